The molecule has 7 nitrogen and oxygen atoms in total. The molecule has 1 saturated heterocycles. The van der Waals surface area contributed by atoms with Gasteiger partial charge >= 0.3 is 0 Å². The monoisotopic (exact) mass is 437 g/mol. The van der Waals surface area contributed by atoms with E-state index < -0.39 is 7.14 Å². The zero-order valence-electron chi connectivity index (χ0n) is 18.1. The van der Waals surface area contributed by atoms with Crippen LogP contribution in [0.15, 0.2) is 36.5 Å². The number of hydrazine groups is 1. The van der Waals surface area contributed by atoms with E-state index in [0.29, 0.717) is 28.8 Å². The molecule has 1 saturated carbocycles. The standard InChI is InChI=1S/C23H28N5O2P/c1-14-9-15(12-24)13-25-21(14)23(29)26-17-7-8-20-19(11-17)22(28-27-20)16-5-4-6-18(10-16)31(2,3)30/h4-6,9-10,13,17,19-20,22,27-28H,7-8,11H2,1-3H3,(H,26,29). The minimum absolute atomic E-state index is 0.0569. The summed E-state index contributed by atoms with van der Waals surface area (Å²) in [5.74, 6) is 0.123. The van der Waals surface area contributed by atoms with Crippen LogP contribution in [0.25, 0.3) is 0 Å². The third-order valence-electron chi connectivity index (χ3n) is 6.36. The molecule has 2 aromatic rings. The summed E-state index contributed by atoms with van der Waals surface area (Å²) in [6, 6.07) is 12.3. The van der Waals surface area contributed by atoms with E-state index >= 15 is 0 Å². The Kier molecular flexibility index (Phi) is 5.98. The minimum atomic E-state index is -2.33. The molecule has 1 aliphatic carbocycles. The van der Waals surface area contributed by atoms with Gasteiger partial charge in [0.15, 0.2) is 0 Å². The van der Waals surface area contributed by atoms with Crippen LogP contribution in [-0.4, -0.2) is 36.3 Å². The van der Waals surface area contributed by atoms with Crippen LogP contribution in [0.5, 0.6) is 0 Å². The molecule has 3 N–H and O–H groups in total. The molecule has 1 aromatic heterocycles. The molecule has 0 bridgehead atoms. The van der Waals surface area contributed by atoms with Gasteiger partial charge < -0.3 is 9.88 Å². The predicted octanol–water partition coefficient (Wildman–Crippen LogP) is 2.63. The lowest BCUT2D eigenvalue weighted by molar-refractivity contribution is 0.0909. The minimum Gasteiger partial charge on any atom is -0.348 e. The Balaban J connectivity index is 1.48. The molecule has 31 heavy (non-hydrogen) atoms. The molecular weight excluding hydrogens is 409 g/mol. The van der Waals surface area contributed by atoms with Crippen LogP contribution in [0.1, 0.15) is 52.5 Å². The van der Waals surface area contributed by atoms with E-state index in [0.717, 1.165) is 30.1 Å². The molecule has 1 amide bonds. The molecule has 0 spiro atoms. The molecule has 2 fully saturated rings. The SMILES string of the molecule is Cc1cc(C#N)cnc1C(=O)NC1CCC2NNC(c3cccc(P(C)(C)=O)c3)C2C1. The van der Waals surface area contributed by atoms with Gasteiger partial charge in [-0.25, -0.2) is 10.4 Å². The Hall–Kier alpha value is -2.52. The van der Waals surface area contributed by atoms with Crippen molar-refractivity contribution >= 4 is 18.4 Å². The van der Waals surface area contributed by atoms with Crippen molar-refractivity contribution in [1.82, 2.24) is 21.2 Å². The number of benzene rings is 1. The van der Waals surface area contributed by atoms with Gasteiger partial charge in [0.1, 0.15) is 18.9 Å². The highest BCUT2D eigenvalue weighted by Crippen LogP contribution is 2.40. The quantitative estimate of drug-likeness (QED) is 0.635. The van der Waals surface area contributed by atoms with Crippen LogP contribution in [0.2, 0.25) is 0 Å². The van der Waals surface area contributed by atoms with Crippen molar-refractivity contribution in [2.45, 2.75) is 44.3 Å². The largest absolute Gasteiger partial charge is 0.348 e. The topological polar surface area (TPSA) is 107 Å². The number of hydrogen-bond acceptors (Lipinski definition) is 6. The van der Waals surface area contributed by atoms with Crippen molar-refractivity contribution in [2.75, 3.05) is 13.3 Å². The number of nitrogens with one attached hydrogen (secondary N) is 3. The van der Waals surface area contributed by atoms with E-state index in [2.05, 4.69) is 33.3 Å². The molecule has 2 heterocycles. The molecule has 0 radical (unpaired) electrons. The average molecular weight is 437 g/mol. The van der Waals surface area contributed by atoms with Crippen molar-refractivity contribution in [3.8, 4) is 6.07 Å². The van der Waals surface area contributed by atoms with Gasteiger partial charge in [-0.3, -0.25) is 10.2 Å². The van der Waals surface area contributed by atoms with Crippen LogP contribution >= 0.6 is 7.14 Å². The Morgan fingerprint density at radius 3 is 2.77 bits per heavy atom. The van der Waals surface area contributed by atoms with Gasteiger partial charge in [0, 0.05) is 23.6 Å². The molecule has 4 unspecified atom stereocenters. The van der Waals surface area contributed by atoms with Crippen molar-refractivity contribution in [3.63, 3.8) is 0 Å². The predicted molar refractivity (Wildman–Crippen MR) is 121 cm³/mol. The van der Waals surface area contributed by atoms with Crippen LogP contribution < -0.4 is 21.5 Å². The number of aromatic nitrogens is 1. The van der Waals surface area contributed by atoms with Gasteiger partial charge in [0.25, 0.3) is 5.91 Å². The molecular formula is C23H28N5O2P. The third kappa shape index (κ3) is 4.57. The Morgan fingerprint density at radius 1 is 1.26 bits per heavy atom. The number of fused-ring (bicyclic) bond motifs is 1. The zero-order valence-corrected chi connectivity index (χ0v) is 18.9. The van der Waals surface area contributed by atoms with Gasteiger partial charge in [-0.1, -0.05) is 18.2 Å². The number of nitrogens with zero attached hydrogens (tertiary/aromatic N) is 2. The summed E-state index contributed by atoms with van der Waals surface area (Å²) in [5.41, 5.74) is 9.49. The number of carbonyl (C=O) groups is 1. The van der Waals surface area contributed by atoms with Crippen molar-refractivity contribution in [2.24, 2.45) is 5.92 Å². The molecule has 4 rings (SSSR count). The van der Waals surface area contributed by atoms with Gasteiger partial charge in [0.05, 0.1) is 11.6 Å². The van der Waals surface area contributed by atoms with Crippen LogP contribution in [0.3, 0.4) is 0 Å². The Labute approximate surface area is 183 Å². The van der Waals surface area contributed by atoms with E-state index in [4.69, 9.17) is 5.26 Å². The number of hydrogen-bond donors (Lipinski definition) is 3. The summed E-state index contributed by atoms with van der Waals surface area (Å²) in [6.45, 7) is 5.38. The maximum absolute atomic E-state index is 12.8. The average Bonchev–Trinajstić information content (AvgIpc) is 3.16. The zero-order chi connectivity index (χ0) is 22.2. The van der Waals surface area contributed by atoms with Crippen molar-refractivity contribution in [3.05, 3.63) is 58.9 Å². The lowest BCUT2D eigenvalue weighted by atomic mass is 9.77. The van der Waals surface area contributed by atoms with Gasteiger partial charge in [0.2, 0.25) is 0 Å². The number of aryl methyl sites for hydroxylation is 1. The summed E-state index contributed by atoms with van der Waals surface area (Å²) in [7, 11) is -2.33. The van der Waals surface area contributed by atoms with E-state index in [1.165, 1.54) is 6.20 Å². The highest BCUT2D eigenvalue weighted by molar-refractivity contribution is 7.70. The first-order valence-corrected chi connectivity index (χ1v) is 13.2. The summed E-state index contributed by atoms with van der Waals surface area (Å²) < 4.78 is 12.5. The number of nitriles is 1. The lowest BCUT2D eigenvalue weighted by Crippen LogP contribution is -2.44. The van der Waals surface area contributed by atoms with Crippen molar-refractivity contribution in [1.29, 1.82) is 5.26 Å². The molecule has 2 aliphatic rings. The summed E-state index contributed by atoms with van der Waals surface area (Å²) >= 11 is 0. The lowest BCUT2D eigenvalue weighted by Gasteiger charge is -2.33. The Morgan fingerprint density at radius 2 is 2.06 bits per heavy atom. The molecule has 162 valence electrons. The van der Waals surface area contributed by atoms with Crippen molar-refractivity contribution < 1.29 is 9.36 Å². The number of carbonyl (C=O) groups excluding carboxylic acids is 1. The second kappa shape index (κ2) is 8.55. The molecule has 4 atom stereocenters. The van der Waals surface area contributed by atoms with E-state index in [1.54, 1.807) is 26.3 Å². The molecule has 8 heteroatoms. The fraction of sp³-hybridized carbons (Fsp3) is 0.435. The maximum atomic E-state index is 12.8. The van der Waals surface area contributed by atoms with Gasteiger partial charge in [-0.15, -0.1) is 0 Å². The summed E-state index contributed by atoms with van der Waals surface area (Å²) in [6.07, 6.45) is 4.13. The first kappa shape index (κ1) is 21.7. The third-order valence-corrected chi connectivity index (χ3v) is 7.88. The number of amides is 1. The van der Waals surface area contributed by atoms with E-state index in [9.17, 15) is 9.36 Å². The second-order valence-corrected chi connectivity index (χ2v) is 12.2. The number of pyridine rings is 1. The number of rotatable bonds is 4. The van der Waals surface area contributed by atoms with E-state index in [1.807, 2.05) is 18.2 Å². The summed E-state index contributed by atoms with van der Waals surface area (Å²) in [4.78, 5) is 17.0. The highest BCUT2D eigenvalue weighted by Gasteiger charge is 2.41. The van der Waals surface area contributed by atoms with Gasteiger partial charge in [-0.2, -0.15) is 5.26 Å². The maximum Gasteiger partial charge on any atom is 0.270 e. The smallest absolute Gasteiger partial charge is 0.270 e. The molecule has 1 aliphatic heterocycles. The Bertz CT molecular complexity index is 1090. The van der Waals surface area contributed by atoms with Crippen LogP contribution in [0.4, 0.5) is 0 Å². The van der Waals surface area contributed by atoms with Gasteiger partial charge in [-0.05, 0) is 68.7 Å². The fourth-order valence-corrected chi connectivity index (χ4v) is 5.60. The normalized spacial score (nSPS) is 25.5. The fourth-order valence-electron chi connectivity index (χ4n) is 4.70. The van der Waals surface area contributed by atoms with Crippen LogP contribution in [-0.2, 0) is 4.57 Å². The molecule has 1 aromatic carbocycles. The second-order valence-electron chi connectivity index (χ2n) is 8.97. The first-order valence-electron chi connectivity index (χ1n) is 10.6. The summed E-state index contributed by atoms with van der Waals surface area (Å²) in [5, 5.41) is 13.0. The van der Waals surface area contributed by atoms with Crippen LogP contribution in [0, 0.1) is 24.2 Å². The highest BCUT2D eigenvalue weighted by atomic mass is 31.2. The van der Waals surface area contributed by atoms with E-state index in [-0.39, 0.29) is 18.0 Å². The first-order chi connectivity index (χ1) is 14.8.